The van der Waals surface area contributed by atoms with Crippen molar-refractivity contribution in [3.8, 4) is 5.75 Å². The Balaban J connectivity index is 2.36. The van der Waals surface area contributed by atoms with E-state index in [1.807, 2.05) is 6.92 Å². The molecule has 0 radical (unpaired) electrons. The molecule has 0 bridgehead atoms. The third-order valence-electron chi connectivity index (χ3n) is 2.56. The molecule has 6 nitrogen and oxygen atoms in total. The number of aliphatic carboxylic acids is 1. The molecule has 0 heterocycles. The van der Waals surface area contributed by atoms with Crippen LogP contribution in [0.3, 0.4) is 0 Å². The summed E-state index contributed by atoms with van der Waals surface area (Å²) < 4.78 is 5.30. The number of urea groups is 1. The number of amides is 2. The third kappa shape index (κ3) is 6.08. The first-order chi connectivity index (χ1) is 9.51. The first kappa shape index (κ1) is 15.8. The maximum atomic E-state index is 11.6. The Kier molecular flexibility index (Phi) is 6.36. The van der Waals surface area contributed by atoms with Crippen LogP contribution in [0.1, 0.15) is 20.3 Å². The Morgan fingerprint density at radius 3 is 2.50 bits per heavy atom. The summed E-state index contributed by atoms with van der Waals surface area (Å²) in [5.41, 5.74) is 0.650. The van der Waals surface area contributed by atoms with Crippen LogP contribution < -0.4 is 15.4 Å². The smallest absolute Gasteiger partial charge is 0.319 e. The largest absolute Gasteiger partial charge is 0.494 e. The van der Waals surface area contributed by atoms with Crippen molar-refractivity contribution < 1.29 is 19.4 Å². The van der Waals surface area contributed by atoms with Crippen molar-refractivity contribution in [1.82, 2.24) is 5.32 Å². The molecule has 1 unspecified atom stereocenters. The van der Waals surface area contributed by atoms with E-state index in [1.54, 1.807) is 31.2 Å². The van der Waals surface area contributed by atoms with E-state index in [0.717, 1.165) is 5.75 Å². The van der Waals surface area contributed by atoms with Crippen molar-refractivity contribution in [1.29, 1.82) is 0 Å². The highest BCUT2D eigenvalue weighted by Crippen LogP contribution is 2.15. The molecule has 6 heteroatoms. The van der Waals surface area contributed by atoms with Gasteiger partial charge in [-0.3, -0.25) is 4.79 Å². The normalized spacial score (nSPS) is 11.5. The van der Waals surface area contributed by atoms with Gasteiger partial charge in [0, 0.05) is 18.7 Å². The van der Waals surface area contributed by atoms with E-state index in [1.165, 1.54) is 0 Å². The van der Waals surface area contributed by atoms with Crippen molar-refractivity contribution in [3.05, 3.63) is 24.3 Å². The fraction of sp³-hybridized carbons (Fsp3) is 0.429. The Bertz CT molecular complexity index is 445. The first-order valence-electron chi connectivity index (χ1n) is 6.50. The Hall–Kier alpha value is -2.24. The highest BCUT2D eigenvalue weighted by atomic mass is 16.5. The van der Waals surface area contributed by atoms with Crippen molar-refractivity contribution in [2.24, 2.45) is 5.92 Å². The molecule has 0 saturated heterocycles. The average Bonchev–Trinajstić information content (AvgIpc) is 2.38. The lowest BCUT2D eigenvalue weighted by molar-refractivity contribution is -0.137. The molecule has 2 amide bonds. The number of carboxylic acid groups (broad SMARTS) is 1. The maximum absolute atomic E-state index is 11.6. The van der Waals surface area contributed by atoms with Gasteiger partial charge in [0.05, 0.1) is 6.61 Å². The minimum atomic E-state index is -0.869. The summed E-state index contributed by atoms with van der Waals surface area (Å²) >= 11 is 0. The molecular weight excluding hydrogens is 260 g/mol. The molecule has 0 aliphatic carbocycles. The molecule has 1 rings (SSSR count). The van der Waals surface area contributed by atoms with Crippen LogP contribution >= 0.6 is 0 Å². The summed E-state index contributed by atoms with van der Waals surface area (Å²) in [5.74, 6) is -0.238. The van der Waals surface area contributed by atoms with Gasteiger partial charge in [0.2, 0.25) is 0 Å². The standard InChI is InChI=1S/C14H20N2O4/c1-3-20-12-6-4-11(5-7-12)16-14(19)15-9-10(2)8-13(17)18/h4-7,10H,3,8-9H2,1-2H3,(H,17,18)(H2,15,16,19). The number of carbonyl (C=O) groups is 2. The van der Waals surface area contributed by atoms with Crippen LogP contribution in [0.5, 0.6) is 5.75 Å². The van der Waals surface area contributed by atoms with E-state index in [9.17, 15) is 9.59 Å². The van der Waals surface area contributed by atoms with E-state index < -0.39 is 5.97 Å². The van der Waals surface area contributed by atoms with Gasteiger partial charge in [-0.1, -0.05) is 6.92 Å². The molecule has 0 spiro atoms. The number of rotatable bonds is 7. The van der Waals surface area contributed by atoms with Crippen LogP contribution in [-0.4, -0.2) is 30.3 Å². The molecule has 0 aliphatic rings. The molecule has 1 aromatic carbocycles. The zero-order valence-electron chi connectivity index (χ0n) is 11.7. The quantitative estimate of drug-likeness (QED) is 0.715. The summed E-state index contributed by atoms with van der Waals surface area (Å²) in [6.07, 6.45) is 0.0311. The molecule has 110 valence electrons. The topological polar surface area (TPSA) is 87.7 Å². The summed E-state index contributed by atoms with van der Waals surface area (Å²) in [6, 6.07) is 6.67. The predicted molar refractivity (Wildman–Crippen MR) is 76.0 cm³/mol. The van der Waals surface area contributed by atoms with Crippen molar-refractivity contribution in [3.63, 3.8) is 0 Å². The minimum absolute atomic E-state index is 0.0311. The molecule has 1 atom stereocenters. The van der Waals surface area contributed by atoms with Gasteiger partial charge >= 0.3 is 12.0 Å². The van der Waals surface area contributed by atoms with E-state index in [-0.39, 0.29) is 18.4 Å². The fourth-order valence-corrected chi connectivity index (χ4v) is 1.61. The van der Waals surface area contributed by atoms with Crippen LogP contribution in [0.25, 0.3) is 0 Å². The number of carbonyl (C=O) groups excluding carboxylic acids is 1. The van der Waals surface area contributed by atoms with Crippen molar-refractivity contribution in [2.75, 3.05) is 18.5 Å². The van der Waals surface area contributed by atoms with Crippen LogP contribution in [0.2, 0.25) is 0 Å². The fourth-order valence-electron chi connectivity index (χ4n) is 1.61. The van der Waals surface area contributed by atoms with Gasteiger partial charge in [-0.15, -0.1) is 0 Å². The predicted octanol–water partition coefficient (Wildman–Crippen LogP) is 2.32. The van der Waals surface area contributed by atoms with Gasteiger partial charge in [0.15, 0.2) is 0 Å². The van der Waals surface area contributed by atoms with E-state index >= 15 is 0 Å². The van der Waals surface area contributed by atoms with Gasteiger partial charge in [0.1, 0.15) is 5.75 Å². The number of ether oxygens (including phenoxy) is 1. The van der Waals surface area contributed by atoms with Gasteiger partial charge in [-0.25, -0.2) is 4.79 Å². The minimum Gasteiger partial charge on any atom is -0.494 e. The Labute approximate surface area is 118 Å². The third-order valence-corrected chi connectivity index (χ3v) is 2.56. The molecular formula is C14H20N2O4. The summed E-state index contributed by atoms with van der Waals surface area (Å²) in [7, 11) is 0. The highest BCUT2D eigenvalue weighted by Gasteiger charge is 2.09. The molecule has 0 saturated carbocycles. The van der Waals surface area contributed by atoms with Crippen LogP contribution in [0.4, 0.5) is 10.5 Å². The lowest BCUT2D eigenvalue weighted by Gasteiger charge is -2.11. The molecule has 3 N–H and O–H groups in total. The van der Waals surface area contributed by atoms with Crippen LogP contribution in [0.15, 0.2) is 24.3 Å². The zero-order valence-corrected chi connectivity index (χ0v) is 11.7. The Morgan fingerprint density at radius 2 is 1.95 bits per heavy atom. The number of carboxylic acids is 1. The number of nitrogens with one attached hydrogen (secondary N) is 2. The maximum Gasteiger partial charge on any atom is 0.319 e. The molecule has 1 aromatic rings. The second-order valence-corrected chi connectivity index (χ2v) is 4.50. The molecule has 0 fully saturated rings. The summed E-state index contributed by atoms with van der Waals surface area (Å²) in [6.45, 7) is 4.58. The van der Waals surface area contributed by atoms with Gasteiger partial charge in [0.25, 0.3) is 0 Å². The second-order valence-electron chi connectivity index (χ2n) is 4.50. The number of hydrogen-bond donors (Lipinski definition) is 3. The van der Waals surface area contributed by atoms with Crippen LogP contribution in [-0.2, 0) is 4.79 Å². The lowest BCUT2D eigenvalue weighted by atomic mass is 10.1. The summed E-state index contributed by atoms with van der Waals surface area (Å²) in [5, 5.41) is 13.9. The SMILES string of the molecule is CCOc1ccc(NC(=O)NCC(C)CC(=O)O)cc1. The molecule has 0 aromatic heterocycles. The highest BCUT2D eigenvalue weighted by molar-refractivity contribution is 5.89. The van der Waals surface area contributed by atoms with Gasteiger partial charge < -0.3 is 20.5 Å². The second kappa shape index (κ2) is 8.04. The van der Waals surface area contributed by atoms with E-state index in [4.69, 9.17) is 9.84 Å². The molecule has 20 heavy (non-hydrogen) atoms. The van der Waals surface area contributed by atoms with E-state index in [2.05, 4.69) is 10.6 Å². The van der Waals surface area contributed by atoms with Crippen molar-refractivity contribution in [2.45, 2.75) is 20.3 Å². The van der Waals surface area contributed by atoms with Gasteiger partial charge in [-0.2, -0.15) is 0 Å². The Morgan fingerprint density at radius 1 is 1.30 bits per heavy atom. The number of benzene rings is 1. The first-order valence-corrected chi connectivity index (χ1v) is 6.50. The average molecular weight is 280 g/mol. The van der Waals surface area contributed by atoms with Crippen LogP contribution in [0, 0.1) is 5.92 Å². The monoisotopic (exact) mass is 280 g/mol. The van der Waals surface area contributed by atoms with Crippen molar-refractivity contribution >= 4 is 17.7 Å². The summed E-state index contributed by atoms with van der Waals surface area (Å²) in [4.78, 5) is 22.1. The lowest BCUT2D eigenvalue weighted by Crippen LogP contribution is -2.32. The number of hydrogen-bond acceptors (Lipinski definition) is 3. The van der Waals surface area contributed by atoms with E-state index in [0.29, 0.717) is 18.8 Å². The number of anilines is 1. The molecule has 0 aliphatic heterocycles. The zero-order chi connectivity index (χ0) is 15.0. The van der Waals surface area contributed by atoms with Gasteiger partial charge in [-0.05, 0) is 37.1 Å².